The SMILES string of the molecule is Cc1ccc(Cl)cc1N1CCN(c2nc3c(C)c(C)ccc3s2)CC1. The minimum absolute atomic E-state index is 0.806. The number of aromatic nitrogens is 1. The molecular weight excluding hydrogens is 350 g/mol. The summed E-state index contributed by atoms with van der Waals surface area (Å²) in [5, 5.41) is 1.95. The molecule has 0 aliphatic carbocycles. The normalized spacial score (nSPS) is 15.2. The lowest BCUT2D eigenvalue weighted by atomic mass is 10.1. The van der Waals surface area contributed by atoms with Gasteiger partial charge in [-0.3, -0.25) is 0 Å². The zero-order valence-electron chi connectivity index (χ0n) is 14.8. The lowest BCUT2D eigenvalue weighted by Gasteiger charge is -2.36. The third-order valence-corrected chi connectivity index (χ3v) is 6.45. The van der Waals surface area contributed by atoms with Crippen LogP contribution in [0.4, 0.5) is 10.8 Å². The highest BCUT2D eigenvalue weighted by atomic mass is 35.5. The number of fused-ring (bicyclic) bond motifs is 1. The standard InChI is InChI=1S/C20H22ClN3S/c1-13-5-7-18-19(15(13)3)22-20(25-18)24-10-8-23(9-11-24)17-12-16(21)6-4-14(17)2/h4-7,12H,8-11H2,1-3H3. The number of thiazole rings is 1. The number of halogens is 1. The molecule has 2 aromatic carbocycles. The van der Waals surface area contributed by atoms with Gasteiger partial charge in [-0.05, 0) is 55.7 Å². The van der Waals surface area contributed by atoms with Crippen LogP contribution < -0.4 is 9.80 Å². The predicted molar refractivity (Wildman–Crippen MR) is 110 cm³/mol. The number of piperazine rings is 1. The monoisotopic (exact) mass is 371 g/mol. The van der Waals surface area contributed by atoms with E-state index in [0.29, 0.717) is 0 Å². The molecule has 0 radical (unpaired) electrons. The molecule has 2 heterocycles. The Labute approximate surface area is 157 Å². The Morgan fingerprint density at radius 1 is 0.920 bits per heavy atom. The van der Waals surface area contributed by atoms with Crippen molar-refractivity contribution in [1.82, 2.24) is 4.98 Å². The van der Waals surface area contributed by atoms with Crippen molar-refractivity contribution >= 4 is 44.0 Å². The molecule has 0 bridgehead atoms. The number of benzene rings is 2. The number of anilines is 2. The second kappa shape index (κ2) is 6.50. The quantitative estimate of drug-likeness (QED) is 0.617. The Bertz CT molecular complexity index is 926. The number of rotatable bonds is 2. The highest BCUT2D eigenvalue weighted by Crippen LogP contribution is 2.33. The summed E-state index contributed by atoms with van der Waals surface area (Å²) in [5.74, 6) is 0. The number of nitrogens with zero attached hydrogens (tertiary/aromatic N) is 3. The van der Waals surface area contributed by atoms with Crippen molar-refractivity contribution in [2.75, 3.05) is 36.0 Å². The van der Waals surface area contributed by atoms with Crippen LogP contribution in [0.1, 0.15) is 16.7 Å². The summed E-state index contributed by atoms with van der Waals surface area (Å²) < 4.78 is 1.28. The summed E-state index contributed by atoms with van der Waals surface area (Å²) in [6.45, 7) is 10.4. The topological polar surface area (TPSA) is 19.4 Å². The van der Waals surface area contributed by atoms with Crippen LogP contribution in [0.3, 0.4) is 0 Å². The van der Waals surface area contributed by atoms with Gasteiger partial charge in [0, 0.05) is 36.9 Å². The van der Waals surface area contributed by atoms with Crippen molar-refractivity contribution in [2.24, 2.45) is 0 Å². The summed E-state index contributed by atoms with van der Waals surface area (Å²) >= 11 is 7.99. The first-order chi connectivity index (χ1) is 12.0. The number of hydrogen-bond donors (Lipinski definition) is 0. The molecule has 4 rings (SSSR count). The first-order valence-electron chi connectivity index (χ1n) is 8.66. The van der Waals surface area contributed by atoms with E-state index in [1.165, 1.54) is 27.1 Å². The summed E-state index contributed by atoms with van der Waals surface area (Å²) in [6, 6.07) is 10.5. The van der Waals surface area contributed by atoms with Crippen molar-refractivity contribution in [2.45, 2.75) is 20.8 Å². The first-order valence-corrected chi connectivity index (χ1v) is 9.85. The molecule has 0 saturated carbocycles. The number of hydrogen-bond acceptors (Lipinski definition) is 4. The molecule has 0 amide bonds. The highest BCUT2D eigenvalue weighted by molar-refractivity contribution is 7.22. The fourth-order valence-electron chi connectivity index (χ4n) is 3.41. The summed E-state index contributed by atoms with van der Waals surface area (Å²) in [4.78, 5) is 9.77. The number of aryl methyl sites for hydroxylation is 3. The van der Waals surface area contributed by atoms with Gasteiger partial charge in [-0.1, -0.05) is 35.1 Å². The van der Waals surface area contributed by atoms with E-state index in [0.717, 1.165) is 41.8 Å². The van der Waals surface area contributed by atoms with Crippen LogP contribution in [-0.4, -0.2) is 31.2 Å². The minimum Gasteiger partial charge on any atom is -0.368 e. The van der Waals surface area contributed by atoms with Gasteiger partial charge in [0.1, 0.15) is 0 Å². The van der Waals surface area contributed by atoms with Crippen LogP contribution in [0, 0.1) is 20.8 Å². The molecule has 1 aliphatic heterocycles. The zero-order chi connectivity index (χ0) is 17.6. The van der Waals surface area contributed by atoms with Gasteiger partial charge in [-0.15, -0.1) is 0 Å². The molecule has 5 heteroatoms. The maximum absolute atomic E-state index is 6.19. The molecule has 1 aromatic heterocycles. The predicted octanol–water partition coefficient (Wildman–Crippen LogP) is 5.20. The van der Waals surface area contributed by atoms with E-state index in [-0.39, 0.29) is 0 Å². The Kier molecular flexibility index (Phi) is 4.34. The second-order valence-electron chi connectivity index (χ2n) is 6.76. The highest BCUT2D eigenvalue weighted by Gasteiger charge is 2.21. The van der Waals surface area contributed by atoms with E-state index in [9.17, 15) is 0 Å². The van der Waals surface area contributed by atoms with Crippen molar-refractivity contribution in [3.05, 3.63) is 52.0 Å². The molecule has 3 nitrogen and oxygen atoms in total. The molecule has 0 N–H and O–H groups in total. The van der Waals surface area contributed by atoms with E-state index in [1.807, 2.05) is 6.07 Å². The third-order valence-electron chi connectivity index (χ3n) is 5.14. The van der Waals surface area contributed by atoms with Gasteiger partial charge in [-0.2, -0.15) is 0 Å². The minimum atomic E-state index is 0.806. The van der Waals surface area contributed by atoms with Crippen molar-refractivity contribution in [3.8, 4) is 0 Å². The van der Waals surface area contributed by atoms with Crippen LogP contribution in [0.2, 0.25) is 5.02 Å². The third kappa shape index (κ3) is 3.09. The molecule has 130 valence electrons. The van der Waals surface area contributed by atoms with Gasteiger partial charge < -0.3 is 9.80 Å². The van der Waals surface area contributed by atoms with Gasteiger partial charge in [0.25, 0.3) is 0 Å². The van der Waals surface area contributed by atoms with Crippen LogP contribution in [-0.2, 0) is 0 Å². The molecule has 1 fully saturated rings. The summed E-state index contributed by atoms with van der Waals surface area (Å²) in [5.41, 5.74) is 6.30. The van der Waals surface area contributed by atoms with Crippen LogP contribution in [0.25, 0.3) is 10.2 Å². The van der Waals surface area contributed by atoms with Crippen molar-refractivity contribution in [1.29, 1.82) is 0 Å². The smallest absolute Gasteiger partial charge is 0.186 e. The van der Waals surface area contributed by atoms with Crippen molar-refractivity contribution in [3.63, 3.8) is 0 Å². The van der Waals surface area contributed by atoms with E-state index in [2.05, 4.69) is 54.8 Å². The Balaban J connectivity index is 1.54. The van der Waals surface area contributed by atoms with E-state index >= 15 is 0 Å². The molecule has 0 unspecified atom stereocenters. The van der Waals surface area contributed by atoms with Gasteiger partial charge in [0.15, 0.2) is 5.13 Å². The van der Waals surface area contributed by atoms with E-state index in [1.54, 1.807) is 11.3 Å². The van der Waals surface area contributed by atoms with Crippen molar-refractivity contribution < 1.29 is 0 Å². The van der Waals surface area contributed by atoms with Crippen LogP contribution in [0.15, 0.2) is 30.3 Å². The Morgan fingerprint density at radius 3 is 2.36 bits per heavy atom. The van der Waals surface area contributed by atoms with Gasteiger partial charge in [0.05, 0.1) is 10.2 Å². The average molecular weight is 372 g/mol. The molecule has 1 saturated heterocycles. The molecule has 3 aromatic rings. The first kappa shape index (κ1) is 16.7. The second-order valence-corrected chi connectivity index (χ2v) is 8.20. The van der Waals surface area contributed by atoms with Gasteiger partial charge in [-0.25, -0.2) is 4.98 Å². The van der Waals surface area contributed by atoms with Gasteiger partial charge >= 0.3 is 0 Å². The maximum Gasteiger partial charge on any atom is 0.186 e. The van der Waals surface area contributed by atoms with E-state index in [4.69, 9.17) is 16.6 Å². The van der Waals surface area contributed by atoms with Crippen LogP contribution in [0.5, 0.6) is 0 Å². The zero-order valence-corrected chi connectivity index (χ0v) is 16.4. The molecule has 0 atom stereocenters. The van der Waals surface area contributed by atoms with Crippen LogP contribution >= 0.6 is 22.9 Å². The lowest BCUT2D eigenvalue weighted by Crippen LogP contribution is -2.46. The molecule has 0 spiro atoms. The largest absolute Gasteiger partial charge is 0.368 e. The Hall–Kier alpha value is -1.78. The fourth-order valence-corrected chi connectivity index (χ4v) is 4.65. The molecule has 25 heavy (non-hydrogen) atoms. The molecule has 1 aliphatic rings. The Morgan fingerprint density at radius 2 is 1.60 bits per heavy atom. The summed E-state index contributed by atoms with van der Waals surface area (Å²) in [6.07, 6.45) is 0. The summed E-state index contributed by atoms with van der Waals surface area (Å²) in [7, 11) is 0. The van der Waals surface area contributed by atoms with Gasteiger partial charge in [0.2, 0.25) is 0 Å². The molecular formula is C20H22ClN3S. The fraction of sp³-hybridized carbons (Fsp3) is 0.350. The van der Waals surface area contributed by atoms with E-state index < -0.39 is 0 Å². The maximum atomic E-state index is 6.19. The average Bonchev–Trinajstić information content (AvgIpc) is 3.06. The lowest BCUT2D eigenvalue weighted by molar-refractivity contribution is 0.651.